The van der Waals surface area contributed by atoms with Crippen LogP contribution in [0.5, 0.6) is 0 Å². The van der Waals surface area contributed by atoms with E-state index in [1.807, 2.05) is 44.6 Å². The molecule has 410 valence electrons. The van der Waals surface area contributed by atoms with Gasteiger partial charge in [-0.25, -0.2) is 37.5 Å². The Labute approximate surface area is 470 Å². The first-order valence-corrected chi connectivity index (χ1v) is 28.2. The van der Waals surface area contributed by atoms with Gasteiger partial charge in [-0.15, -0.1) is 0 Å². The molecule has 0 amide bonds. The molecule has 2 aliphatic heterocycles. The SMILES string of the molecule is C=C(Nc1c(C)cccc1F)c1ccc(Nc2ncc(-c3cnc4c(CN5CCCC5)cccn34)s2)c(F)c1.C=C(Nc1c(N)cccc1F)c1ccc(Nc2ncc(-c3cnc4cccc(CN5CCCC5)n34)s2)c(F)c1.CC. The number of nitrogens with two attached hydrogens (primary N) is 1. The average Bonchev–Trinajstić information content (AvgIpc) is 4.53. The van der Waals surface area contributed by atoms with Crippen LogP contribution in [0.15, 0.2) is 147 Å². The van der Waals surface area contributed by atoms with Crippen LogP contribution in [0.25, 0.3) is 43.8 Å². The van der Waals surface area contributed by atoms with E-state index in [0.717, 1.165) is 77.3 Å². The zero-order valence-electron chi connectivity index (χ0n) is 44.7. The zero-order valence-corrected chi connectivity index (χ0v) is 46.3. The number of para-hydroxylation sites is 2. The Kier molecular flexibility index (Phi) is 17.0. The van der Waals surface area contributed by atoms with Crippen molar-refractivity contribution in [3.05, 3.63) is 198 Å². The van der Waals surface area contributed by atoms with E-state index in [-0.39, 0.29) is 22.9 Å². The molecule has 0 atom stereocenters. The van der Waals surface area contributed by atoms with Crippen molar-refractivity contribution >= 4 is 84.1 Å². The van der Waals surface area contributed by atoms with Gasteiger partial charge < -0.3 is 27.0 Å². The number of hydrogen-bond donors (Lipinski definition) is 5. The summed E-state index contributed by atoms with van der Waals surface area (Å²) in [6.07, 6.45) is 14.3. The fourth-order valence-corrected chi connectivity index (χ4v) is 11.4. The van der Waals surface area contributed by atoms with Crippen LogP contribution >= 0.6 is 22.7 Å². The summed E-state index contributed by atoms with van der Waals surface area (Å²) in [5.41, 5.74) is 15.7. The highest BCUT2D eigenvalue weighted by Gasteiger charge is 2.20. The molecule has 2 fully saturated rings. The molecule has 2 saturated heterocycles. The number of nitrogens with one attached hydrogen (secondary N) is 4. The van der Waals surface area contributed by atoms with Gasteiger partial charge >= 0.3 is 0 Å². The molecule has 0 aliphatic carbocycles. The van der Waals surface area contributed by atoms with Crippen molar-refractivity contribution in [1.82, 2.24) is 38.5 Å². The second kappa shape index (κ2) is 24.8. The minimum absolute atomic E-state index is 0.108. The quantitative estimate of drug-likeness (QED) is 0.0466. The number of fused-ring (bicyclic) bond motifs is 2. The van der Waals surface area contributed by atoms with E-state index in [0.29, 0.717) is 44.2 Å². The van der Waals surface area contributed by atoms with Crippen molar-refractivity contribution in [1.29, 1.82) is 0 Å². The average molecular weight is 1120 g/mol. The molecule has 4 aromatic carbocycles. The van der Waals surface area contributed by atoms with Crippen molar-refractivity contribution in [2.24, 2.45) is 0 Å². The van der Waals surface area contributed by atoms with Gasteiger partial charge in [0.25, 0.3) is 0 Å². The summed E-state index contributed by atoms with van der Waals surface area (Å²) in [5.74, 6) is -1.85. The first-order chi connectivity index (χ1) is 38.9. The zero-order chi connectivity index (χ0) is 55.9. The van der Waals surface area contributed by atoms with Crippen LogP contribution in [-0.4, -0.2) is 64.7 Å². The van der Waals surface area contributed by atoms with Crippen molar-refractivity contribution in [2.75, 3.05) is 53.2 Å². The Bertz CT molecular complexity index is 3790. The predicted octanol–water partition coefficient (Wildman–Crippen LogP) is 15.2. The largest absolute Gasteiger partial charge is 0.397 e. The Balaban J connectivity index is 0.000000175. The molecule has 2 aliphatic rings. The van der Waals surface area contributed by atoms with E-state index < -0.39 is 17.5 Å². The number of likely N-dealkylation sites (tertiary alicyclic amines) is 2. The summed E-state index contributed by atoms with van der Waals surface area (Å²) in [7, 11) is 0. The van der Waals surface area contributed by atoms with Gasteiger partial charge in [0.15, 0.2) is 10.3 Å². The molecule has 19 heteroatoms. The van der Waals surface area contributed by atoms with Crippen molar-refractivity contribution in [2.45, 2.75) is 59.5 Å². The van der Waals surface area contributed by atoms with Gasteiger partial charge in [-0.1, -0.05) is 92.1 Å². The normalized spacial score (nSPS) is 13.4. The minimum Gasteiger partial charge on any atom is -0.397 e. The highest BCUT2D eigenvalue weighted by atomic mass is 32.1. The first-order valence-electron chi connectivity index (χ1n) is 26.5. The minimum atomic E-state index is -0.511. The van der Waals surface area contributed by atoms with Gasteiger partial charge in [-0.2, -0.15) is 0 Å². The third-order valence-electron chi connectivity index (χ3n) is 13.9. The second-order valence-electron chi connectivity index (χ2n) is 19.2. The lowest BCUT2D eigenvalue weighted by Gasteiger charge is -2.16. The highest BCUT2D eigenvalue weighted by Crippen LogP contribution is 2.36. The van der Waals surface area contributed by atoms with E-state index in [9.17, 15) is 8.78 Å². The molecule has 0 radical (unpaired) electrons. The number of nitrogens with zero attached hydrogens (tertiary/aromatic N) is 8. The molecule has 8 heterocycles. The lowest BCUT2D eigenvalue weighted by atomic mass is 10.1. The molecule has 80 heavy (non-hydrogen) atoms. The van der Waals surface area contributed by atoms with Gasteiger partial charge in [0.05, 0.1) is 62.0 Å². The van der Waals surface area contributed by atoms with Crippen LogP contribution in [0.4, 0.5) is 56.3 Å². The number of halogens is 4. The number of thiazole rings is 2. The first kappa shape index (κ1) is 55.0. The Morgan fingerprint density at radius 1 is 0.588 bits per heavy atom. The number of aromatic nitrogens is 6. The van der Waals surface area contributed by atoms with Gasteiger partial charge in [0.2, 0.25) is 0 Å². The fourth-order valence-electron chi connectivity index (χ4n) is 9.78. The van der Waals surface area contributed by atoms with Gasteiger partial charge in [0.1, 0.15) is 34.6 Å². The number of anilines is 7. The number of pyridine rings is 2. The van der Waals surface area contributed by atoms with E-state index in [1.165, 1.54) is 89.9 Å². The summed E-state index contributed by atoms with van der Waals surface area (Å²) < 4.78 is 62.7. The van der Waals surface area contributed by atoms with Crippen molar-refractivity contribution in [3.63, 3.8) is 0 Å². The summed E-state index contributed by atoms with van der Waals surface area (Å²) in [6.45, 7) is 19.9. The standard InChI is InChI=1S/C30H28F2N6S.C29H27F2N7S.C2H6/c1-19-7-5-9-23(31)28(19)35-20(2)21-10-11-25(24(32)15-21)36-30-34-17-27(39-30)26-16-33-29-22(8-6-14-38(26)29)18-37-12-3-4-13-37;1-18(35-28-21(30)7-5-8-23(28)32)19-10-11-24(22(31)14-19)36-29-34-16-26(39-29)25-15-33-27-9-4-6-20(38(25)27)17-37-12-2-3-13-37;1-2/h5-11,14-17,35H,2-4,12-13,18H2,1H3,(H,34,36);4-11,14-16,35H,1-3,12-13,17,32H2,(H,34,36);1-2H3. The number of rotatable bonds is 16. The molecule has 6 N–H and O–H groups in total. The molecule has 12 rings (SSSR count). The predicted molar refractivity (Wildman–Crippen MR) is 320 cm³/mol. The molecular weight excluding hydrogens is 1050 g/mol. The topological polar surface area (TPSA) is 141 Å². The number of imidazole rings is 2. The Morgan fingerprint density at radius 2 is 1.14 bits per heavy atom. The smallest absolute Gasteiger partial charge is 0.187 e. The Hall–Kier alpha value is -8.36. The van der Waals surface area contributed by atoms with Crippen LogP contribution < -0.4 is 27.0 Å². The van der Waals surface area contributed by atoms with Crippen LogP contribution in [0.1, 0.15) is 67.5 Å². The monoisotopic (exact) mass is 1120 g/mol. The van der Waals surface area contributed by atoms with Crippen LogP contribution in [0.2, 0.25) is 0 Å². The van der Waals surface area contributed by atoms with Crippen LogP contribution in [-0.2, 0) is 13.1 Å². The van der Waals surface area contributed by atoms with Gasteiger partial charge in [0, 0.05) is 65.5 Å². The molecule has 6 aromatic heterocycles. The fraction of sp³-hybridized carbons (Fsp3) is 0.213. The number of nitrogen functional groups attached to an aromatic ring is 1. The summed E-state index contributed by atoms with van der Waals surface area (Å²) in [6, 6.07) is 28.9. The highest BCUT2D eigenvalue weighted by molar-refractivity contribution is 7.19. The van der Waals surface area contributed by atoms with E-state index in [1.54, 1.807) is 61.8 Å². The van der Waals surface area contributed by atoms with E-state index in [4.69, 9.17) is 10.7 Å². The third kappa shape index (κ3) is 12.3. The summed E-state index contributed by atoms with van der Waals surface area (Å²) >= 11 is 2.86. The summed E-state index contributed by atoms with van der Waals surface area (Å²) in [4.78, 5) is 25.0. The number of hydrogen-bond acceptors (Lipinski definition) is 13. The molecule has 0 spiro atoms. The summed E-state index contributed by atoms with van der Waals surface area (Å²) in [5, 5.41) is 13.1. The van der Waals surface area contributed by atoms with Crippen LogP contribution in [0, 0.1) is 30.2 Å². The number of aryl methyl sites for hydroxylation is 1. The van der Waals surface area contributed by atoms with Gasteiger partial charge in [-0.05, 0) is 125 Å². The molecule has 0 saturated carbocycles. The van der Waals surface area contributed by atoms with Crippen LogP contribution in [0.3, 0.4) is 0 Å². The third-order valence-corrected chi connectivity index (χ3v) is 15.7. The van der Waals surface area contributed by atoms with Crippen molar-refractivity contribution in [3.8, 4) is 21.1 Å². The maximum atomic E-state index is 15.1. The number of benzene rings is 4. The van der Waals surface area contributed by atoms with E-state index >= 15 is 8.78 Å². The van der Waals surface area contributed by atoms with E-state index in [2.05, 4.69) is 86.2 Å². The lowest BCUT2D eigenvalue weighted by Crippen LogP contribution is -2.20. The second-order valence-corrected chi connectivity index (χ2v) is 21.3. The molecule has 10 aromatic rings. The van der Waals surface area contributed by atoms with Gasteiger partial charge in [-0.3, -0.25) is 18.6 Å². The molecular formula is C61H61F4N13S2. The van der Waals surface area contributed by atoms with Crippen molar-refractivity contribution < 1.29 is 17.6 Å². The maximum absolute atomic E-state index is 15.1. The Morgan fingerprint density at radius 3 is 1.74 bits per heavy atom. The molecule has 0 bridgehead atoms. The lowest BCUT2D eigenvalue weighted by molar-refractivity contribution is 0.326. The maximum Gasteiger partial charge on any atom is 0.187 e. The molecule has 0 unspecified atom stereocenters. The molecule has 13 nitrogen and oxygen atoms in total.